The summed E-state index contributed by atoms with van der Waals surface area (Å²) < 4.78 is 5.50. The maximum Gasteiger partial charge on any atom is 0.305 e. The molecule has 0 bridgehead atoms. The molecule has 0 aromatic carbocycles. The van der Waals surface area contributed by atoms with Crippen molar-refractivity contribution in [2.24, 2.45) is 0 Å². The summed E-state index contributed by atoms with van der Waals surface area (Å²) in [5.41, 5.74) is 0. The van der Waals surface area contributed by atoms with Crippen LogP contribution in [0.1, 0.15) is 438 Å². The van der Waals surface area contributed by atoms with Crippen LogP contribution in [0.4, 0.5) is 0 Å². The zero-order valence-electron chi connectivity index (χ0n) is 56.0. The fourth-order valence-electron chi connectivity index (χ4n) is 12.3. The van der Waals surface area contributed by atoms with Crippen LogP contribution >= 0.6 is 0 Å². The van der Waals surface area contributed by atoms with Crippen molar-refractivity contribution in [3.8, 4) is 0 Å². The van der Waals surface area contributed by atoms with Crippen LogP contribution < -0.4 is 5.32 Å². The monoisotopic (exact) mass is 1160 g/mol. The van der Waals surface area contributed by atoms with E-state index in [9.17, 15) is 19.8 Å². The van der Waals surface area contributed by atoms with Crippen LogP contribution in [0, 0.1) is 0 Å². The maximum absolute atomic E-state index is 12.5. The average molecular weight is 1160 g/mol. The molecule has 0 fully saturated rings. The second-order valence-corrected chi connectivity index (χ2v) is 26.3. The fraction of sp³-hybridized carbons (Fsp3) is 0.947. The number of hydrogen-bond donors (Lipinski definition) is 3. The van der Waals surface area contributed by atoms with Gasteiger partial charge in [-0.2, -0.15) is 0 Å². The Balaban J connectivity index is 3.33. The van der Waals surface area contributed by atoms with Gasteiger partial charge in [-0.05, 0) is 51.4 Å². The number of rotatable bonds is 72. The molecule has 0 heterocycles. The summed E-state index contributed by atoms with van der Waals surface area (Å²) in [4.78, 5) is 24.6. The number of aliphatic hydroxyl groups is 2. The van der Waals surface area contributed by atoms with Crippen molar-refractivity contribution in [2.45, 2.75) is 450 Å². The summed E-state index contributed by atoms with van der Waals surface area (Å²) in [6, 6.07) is -0.538. The highest BCUT2D eigenvalue weighted by Gasteiger charge is 2.20. The molecular formula is C76H149NO5. The second kappa shape index (κ2) is 72.1. The molecule has 1 amide bonds. The minimum Gasteiger partial charge on any atom is -0.466 e. The number of unbranched alkanes of at least 4 members (excludes halogenated alkanes) is 59. The van der Waals surface area contributed by atoms with E-state index < -0.39 is 12.1 Å². The van der Waals surface area contributed by atoms with Crippen molar-refractivity contribution in [1.82, 2.24) is 5.32 Å². The molecular weight excluding hydrogens is 1010 g/mol. The average Bonchev–Trinajstić information content (AvgIpc) is 3.48. The Morgan fingerprint density at radius 1 is 0.329 bits per heavy atom. The van der Waals surface area contributed by atoms with Gasteiger partial charge in [0, 0.05) is 12.8 Å². The molecule has 3 N–H and O–H groups in total. The van der Waals surface area contributed by atoms with Crippen molar-refractivity contribution < 1.29 is 24.5 Å². The molecule has 2 atom stereocenters. The van der Waals surface area contributed by atoms with Crippen molar-refractivity contribution in [3.63, 3.8) is 0 Å². The lowest BCUT2D eigenvalue weighted by Crippen LogP contribution is -2.45. The lowest BCUT2D eigenvalue weighted by Gasteiger charge is -2.22. The van der Waals surface area contributed by atoms with Crippen molar-refractivity contribution in [2.75, 3.05) is 13.2 Å². The number of aliphatic hydroxyl groups excluding tert-OH is 2. The van der Waals surface area contributed by atoms with E-state index in [2.05, 4.69) is 31.3 Å². The number of esters is 1. The van der Waals surface area contributed by atoms with E-state index in [0.29, 0.717) is 25.9 Å². The molecule has 0 radical (unpaired) electrons. The molecule has 0 aliphatic carbocycles. The van der Waals surface area contributed by atoms with Gasteiger partial charge in [0.25, 0.3) is 0 Å². The van der Waals surface area contributed by atoms with Crippen molar-refractivity contribution in [1.29, 1.82) is 0 Å². The summed E-state index contributed by atoms with van der Waals surface area (Å²) in [6.45, 7) is 5.00. The Morgan fingerprint density at radius 3 is 0.866 bits per heavy atom. The first kappa shape index (κ1) is 80.6. The zero-order valence-corrected chi connectivity index (χ0v) is 56.0. The number of carbonyl (C=O) groups is 2. The van der Waals surface area contributed by atoms with Crippen LogP contribution in [0.25, 0.3) is 0 Å². The highest BCUT2D eigenvalue weighted by Crippen LogP contribution is 2.20. The van der Waals surface area contributed by atoms with Crippen LogP contribution in [0.5, 0.6) is 0 Å². The van der Waals surface area contributed by atoms with Gasteiger partial charge >= 0.3 is 5.97 Å². The fourth-order valence-corrected chi connectivity index (χ4v) is 12.3. The molecule has 0 saturated carbocycles. The molecule has 6 nitrogen and oxygen atoms in total. The van der Waals surface area contributed by atoms with Gasteiger partial charge in [0.2, 0.25) is 5.91 Å². The van der Waals surface area contributed by atoms with Crippen LogP contribution in [-0.4, -0.2) is 47.4 Å². The number of ether oxygens (including phenoxy) is 1. The first-order valence-electron chi connectivity index (χ1n) is 37.9. The third-order valence-electron chi connectivity index (χ3n) is 18.1. The lowest BCUT2D eigenvalue weighted by molar-refractivity contribution is -0.143. The summed E-state index contributed by atoms with van der Waals surface area (Å²) >= 11 is 0. The zero-order chi connectivity index (χ0) is 59.2. The topological polar surface area (TPSA) is 95.9 Å². The highest BCUT2D eigenvalue weighted by molar-refractivity contribution is 5.76. The van der Waals surface area contributed by atoms with Crippen LogP contribution in [0.3, 0.4) is 0 Å². The molecule has 488 valence electrons. The predicted octanol–water partition coefficient (Wildman–Crippen LogP) is 24.7. The van der Waals surface area contributed by atoms with Gasteiger partial charge < -0.3 is 20.3 Å². The molecule has 0 rings (SSSR count). The molecule has 0 spiro atoms. The van der Waals surface area contributed by atoms with Crippen LogP contribution in [-0.2, 0) is 14.3 Å². The molecule has 6 heteroatoms. The Kier molecular flexibility index (Phi) is 70.8. The van der Waals surface area contributed by atoms with Gasteiger partial charge in [0.15, 0.2) is 0 Å². The van der Waals surface area contributed by atoms with Crippen molar-refractivity contribution in [3.05, 3.63) is 12.2 Å². The minimum atomic E-state index is -0.662. The highest BCUT2D eigenvalue weighted by atomic mass is 16.5. The minimum absolute atomic E-state index is 0.0139. The number of nitrogens with one attached hydrogen (secondary N) is 1. The standard InChI is InChI=1S/C76H149NO5/c1-3-5-7-9-11-13-15-17-19-21-34-37-40-44-48-52-56-60-64-68-74(79)73(72-78)77-75(80)69-65-61-57-53-49-45-41-38-35-32-30-28-26-24-22-23-25-27-29-31-33-36-39-43-47-51-55-59-63-67-71-82-76(81)70-66-62-58-54-50-46-42-20-18-16-14-12-10-8-6-4-2/h20,42,73-74,78-79H,3-19,21-41,43-72H2,1-2H3,(H,77,80)/b42-20-. The Bertz CT molecular complexity index is 1240. The van der Waals surface area contributed by atoms with Gasteiger partial charge in [-0.1, -0.05) is 386 Å². The van der Waals surface area contributed by atoms with E-state index in [1.54, 1.807) is 0 Å². The predicted molar refractivity (Wildman–Crippen MR) is 361 cm³/mol. The lowest BCUT2D eigenvalue weighted by atomic mass is 10.0. The van der Waals surface area contributed by atoms with Gasteiger partial charge in [0.1, 0.15) is 0 Å². The molecule has 0 aromatic heterocycles. The summed E-state index contributed by atoms with van der Waals surface area (Å²) in [5, 5.41) is 23.4. The Morgan fingerprint density at radius 2 is 0.573 bits per heavy atom. The van der Waals surface area contributed by atoms with E-state index in [1.165, 1.54) is 360 Å². The Hall–Kier alpha value is -1.40. The number of amides is 1. The quantitative estimate of drug-likeness (QED) is 0.0320. The largest absolute Gasteiger partial charge is 0.466 e. The number of carbonyl (C=O) groups excluding carboxylic acids is 2. The summed E-state index contributed by atoms with van der Waals surface area (Å²) in [7, 11) is 0. The molecule has 0 saturated heterocycles. The molecule has 0 aliphatic heterocycles. The van der Waals surface area contributed by atoms with Gasteiger partial charge in [-0.25, -0.2) is 0 Å². The third kappa shape index (κ3) is 67.7. The third-order valence-corrected chi connectivity index (χ3v) is 18.1. The number of hydrogen-bond acceptors (Lipinski definition) is 5. The van der Waals surface area contributed by atoms with Gasteiger partial charge in [-0.15, -0.1) is 0 Å². The summed E-state index contributed by atoms with van der Waals surface area (Å²) in [5.74, 6) is -0.0122. The smallest absolute Gasteiger partial charge is 0.305 e. The van der Waals surface area contributed by atoms with Crippen LogP contribution in [0.2, 0.25) is 0 Å². The van der Waals surface area contributed by atoms with Crippen molar-refractivity contribution >= 4 is 11.9 Å². The second-order valence-electron chi connectivity index (χ2n) is 26.3. The number of allylic oxidation sites excluding steroid dienone is 2. The molecule has 82 heavy (non-hydrogen) atoms. The SMILES string of the molecule is CCCCCCCCC/C=C\CCCCCCCC(=O)OCCCCCCCCCCCCCCCCCCCCCCCCCCCCCCCCC(=O)NC(CO)C(O)CCCCCCCCCCCCCCCCCCCCC. The van der Waals surface area contributed by atoms with E-state index in [1.807, 2.05) is 0 Å². The van der Waals surface area contributed by atoms with E-state index >= 15 is 0 Å². The van der Waals surface area contributed by atoms with Gasteiger partial charge in [0.05, 0.1) is 25.4 Å². The molecule has 0 aromatic rings. The van der Waals surface area contributed by atoms with Crippen LogP contribution in [0.15, 0.2) is 12.2 Å². The Labute approximate surface area is 514 Å². The first-order chi connectivity index (χ1) is 40.5. The first-order valence-corrected chi connectivity index (χ1v) is 37.9. The van der Waals surface area contributed by atoms with E-state index in [4.69, 9.17) is 4.74 Å². The van der Waals surface area contributed by atoms with E-state index in [-0.39, 0.29) is 18.5 Å². The molecule has 0 aliphatic rings. The normalized spacial score (nSPS) is 12.5. The summed E-state index contributed by atoms with van der Waals surface area (Å²) in [6.07, 6.45) is 90.0. The molecule has 2 unspecified atom stereocenters. The van der Waals surface area contributed by atoms with Gasteiger partial charge in [-0.3, -0.25) is 9.59 Å². The van der Waals surface area contributed by atoms with E-state index in [0.717, 1.165) is 44.9 Å². The maximum atomic E-state index is 12.5.